The summed E-state index contributed by atoms with van der Waals surface area (Å²) in [7, 11) is 0. The number of nitrogens with zero attached hydrogens (tertiary/aromatic N) is 2. The van der Waals surface area contributed by atoms with Gasteiger partial charge in [-0.05, 0) is 35.7 Å². The third kappa shape index (κ3) is 3.11. The number of ether oxygens (including phenoxy) is 1. The molecule has 1 saturated heterocycles. The van der Waals surface area contributed by atoms with Gasteiger partial charge < -0.3 is 15.4 Å². The van der Waals surface area contributed by atoms with Crippen molar-refractivity contribution in [3.63, 3.8) is 0 Å². The van der Waals surface area contributed by atoms with Crippen LogP contribution in [0.15, 0.2) is 10.8 Å². The maximum atomic E-state index is 5.54. The first-order valence-corrected chi connectivity index (χ1v) is 7.14. The van der Waals surface area contributed by atoms with Crippen LogP contribution in [0, 0.1) is 0 Å². The lowest BCUT2D eigenvalue weighted by Gasteiger charge is -2.18. The third-order valence-electron chi connectivity index (χ3n) is 3.03. The smallest absolute Gasteiger partial charge is 0.146 e. The zero-order valence-electron chi connectivity index (χ0n) is 10.7. The fraction of sp³-hybridized carbons (Fsp3) is 0.667. The first kappa shape index (κ1) is 13.5. The summed E-state index contributed by atoms with van der Waals surface area (Å²) < 4.78 is 6.42. The van der Waals surface area contributed by atoms with Gasteiger partial charge in [-0.25, -0.2) is 9.97 Å². The van der Waals surface area contributed by atoms with E-state index < -0.39 is 0 Å². The minimum Gasteiger partial charge on any atom is -0.376 e. The molecule has 1 aliphatic heterocycles. The normalized spacial score (nSPS) is 23.1. The van der Waals surface area contributed by atoms with E-state index in [1.54, 1.807) is 6.33 Å². The highest BCUT2D eigenvalue weighted by Crippen LogP contribution is 2.28. The number of anilines is 2. The van der Waals surface area contributed by atoms with Crippen LogP contribution in [-0.2, 0) is 4.74 Å². The van der Waals surface area contributed by atoms with Crippen LogP contribution in [0.1, 0.15) is 26.7 Å². The van der Waals surface area contributed by atoms with E-state index in [2.05, 4.69) is 50.4 Å². The van der Waals surface area contributed by atoms with Gasteiger partial charge >= 0.3 is 0 Å². The van der Waals surface area contributed by atoms with Crippen LogP contribution >= 0.6 is 15.9 Å². The predicted octanol–water partition coefficient (Wildman–Crippen LogP) is 2.65. The first-order chi connectivity index (χ1) is 8.72. The summed E-state index contributed by atoms with van der Waals surface area (Å²) >= 11 is 3.55. The van der Waals surface area contributed by atoms with Crippen molar-refractivity contribution in [2.45, 2.75) is 38.8 Å². The molecule has 2 rings (SSSR count). The fourth-order valence-electron chi connectivity index (χ4n) is 1.93. The van der Waals surface area contributed by atoms with E-state index in [0.29, 0.717) is 6.04 Å². The van der Waals surface area contributed by atoms with Crippen molar-refractivity contribution in [3.05, 3.63) is 10.8 Å². The van der Waals surface area contributed by atoms with Gasteiger partial charge in [0.15, 0.2) is 0 Å². The summed E-state index contributed by atoms with van der Waals surface area (Å²) in [5.74, 6) is 1.66. The van der Waals surface area contributed by atoms with E-state index in [4.69, 9.17) is 4.74 Å². The zero-order valence-corrected chi connectivity index (χ0v) is 12.3. The molecule has 6 heteroatoms. The molecule has 0 aliphatic carbocycles. The van der Waals surface area contributed by atoms with Gasteiger partial charge in [-0.1, -0.05) is 6.92 Å². The van der Waals surface area contributed by atoms with Crippen LogP contribution in [0.4, 0.5) is 11.6 Å². The fourth-order valence-corrected chi connectivity index (χ4v) is 2.39. The molecule has 0 radical (unpaired) electrons. The second-order valence-corrected chi connectivity index (χ2v) is 5.22. The van der Waals surface area contributed by atoms with Crippen molar-refractivity contribution < 1.29 is 4.74 Å². The first-order valence-electron chi connectivity index (χ1n) is 6.35. The lowest BCUT2D eigenvalue weighted by molar-refractivity contribution is 0.121. The Labute approximate surface area is 116 Å². The number of halogens is 1. The number of nitrogens with one attached hydrogen (secondary N) is 2. The average Bonchev–Trinajstić information content (AvgIpc) is 2.76. The van der Waals surface area contributed by atoms with Gasteiger partial charge in [0.05, 0.1) is 12.1 Å². The zero-order chi connectivity index (χ0) is 13.0. The van der Waals surface area contributed by atoms with E-state index in [0.717, 1.165) is 42.1 Å². The molecule has 0 amide bonds. The summed E-state index contributed by atoms with van der Waals surface area (Å²) in [5, 5.41) is 6.68. The standard InChI is InChI=1S/C12H19BrN4O/c1-3-5-14-11-10(13)12(16-7-15-11)17-9-4-6-18-8(9)2/h7-9H,3-6H2,1-2H3,(H2,14,15,16,17). The Bertz CT molecular complexity index is 402. The molecule has 2 unspecified atom stereocenters. The van der Waals surface area contributed by atoms with Gasteiger partial charge in [-0.15, -0.1) is 0 Å². The van der Waals surface area contributed by atoms with Crippen molar-refractivity contribution >= 4 is 27.6 Å². The molecule has 1 aromatic rings. The second-order valence-electron chi connectivity index (χ2n) is 4.43. The third-order valence-corrected chi connectivity index (χ3v) is 3.78. The lowest BCUT2D eigenvalue weighted by Crippen LogP contribution is -2.27. The van der Waals surface area contributed by atoms with E-state index in [9.17, 15) is 0 Å². The van der Waals surface area contributed by atoms with Crippen LogP contribution in [0.3, 0.4) is 0 Å². The minimum atomic E-state index is 0.221. The van der Waals surface area contributed by atoms with Crippen LogP contribution in [-0.4, -0.2) is 35.3 Å². The number of aromatic nitrogens is 2. The molecule has 0 aromatic carbocycles. The minimum absolute atomic E-state index is 0.221. The Balaban J connectivity index is 2.07. The Morgan fingerprint density at radius 1 is 1.44 bits per heavy atom. The van der Waals surface area contributed by atoms with Gasteiger partial charge in [-0.3, -0.25) is 0 Å². The number of hydrogen-bond acceptors (Lipinski definition) is 5. The topological polar surface area (TPSA) is 59.1 Å². The largest absolute Gasteiger partial charge is 0.376 e. The van der Waals surface area contributed by atoms with Crippen molar-refractivity contribution in [2.24, 2.45) is 0 Å². The highest BCUT2D eigenvalue weighted by molar-refractivity contribution is 9.10. The van der Waals surface area contributed by atoms with E-state index in [1.165, 1.54) is 0 Å². The molecule has 0 spiro atoms. The highest BCUT2D eigenvalue weighted by Gasteiger charge is 2.25. The predicted molar refractivity (Wildman–Crippen MR) is 76.0 cm³/mol. The van der Waals surface area contributed by atoms with Gasteiger partial charge in [0, 0.05) is 13.2 Å². The maximum Gasteiger partial charge on any atom is 0.146 e. The number of rotatable bonds is 5. The van der Waals surface area contributed by atoms with E-state index in [-0.39, 0.29) is 6.10 Å². The van der Waals surface area contributed by atoms with Crippen molar-refractivity contribution in [2.75, 3.05) is 23.8 Å². The Kier molecular flexibility index (Phi) is 4.77. The molecule has 2 N–H and O–H groups in total. The molecule has 1 aliphatic rings. The van der Waals surface area contributed by atoms with E-state index >= 15 is 0 Å². The highest BCUT2D eigenvalue weighted by atomic mass is 79.9. The summed E-state index contributed by atoms with van der Waals surface area (Å²) in [6.07, 6.45) is 3.87. The van der Waals surface area contributed by atoms with Gasteiger partial charge in [0.25, 0.3) is 0 Å². The molecule has 5 nitrogen and oxygen atoms in total. The second kappa shape index (κ2) is 6.33. The van der Waals surface area contributed by atoms with Crippen LogP contribution in [0.25, 0.3) is 0 Å². The molecular weight excluding hydrogens is 296 g/mol. The number of hydrogen-bond donors (Lipinski definition) is 2. The summed E-state index contributed by atoms with van der Waals surface area (Å²) in [5.41, 5.74) is 0. The SMILES string of the molecule is CCCNc1ncnc(NC2CCOC2C)c1Br. The van der Waals surface area contributed by atoms with Crippen LogP contribution in [0.5, 0.6) is 0 Å². The van der Waals surface area contributed by atoms with Crippen molar-refractivity contribution in [3.8, 4) is 0 Å². The summed E-state index contributed by atoms with van der Waals surface area (Å²) in [4.78, 5) is 8.51. The molecule has 2 atom stereocenters. The van der Waals surface area contributed by atoms with Gasteiger partial charge in [-0.2, -0.15) is 0 Å². The van der Waals surface area contributed by atoms with Gasteiger partial charge in [0.1, 0.15) is 22.4 Å². The maximum absolute atomic E-state index is 5.54. The summed E-state index contributed by atoms with van der Waals surface area (Å²) in [6, 6.07) is 0.315. The quantitative estimate of drug-likeness (QED) is 0.875. The molecule has 100 valence electrons. The van der Waals surface area contributed by atoms with Crippen molar-refractivity contribution in [1.82, 2.24) is 9.97 Å². The van der Waals surface area contributed by atoms with E-state index in [1.807, 2.05) is 0 Å². The molecule has 0 bridgehead atoms. The Hall–Kier alpha value is -0.880. The molecular formula is C12H19BrN4O. The molecule has 1 aromatic heterocycles. The Morgan fingerprint density at radius 3 is 2.89 bits per heavy atom. The summed E-state index contributed by atoms with van der Waals surface area (Å²) in [6.45, 7) is 5.91. The molecule has 18 heavy (non-hydrogen) atoms. The molecule has 0 saturated carbocycles. The lowest BCUT2D eigenvalue weighted by atomic mass is 10.1. The van der Waals surface area contributed by atoms with Crippen LogP contribution < -0.4 is 10.6 Å². The van der Waals surface area contributed by atoms with Crippen LogP contribution in [0.2, 0.25) is 0 Å². The molecule has 2 heterocycles. The van der Waals surface area contributed by atoms with Gasteiger partial charge in [0.2, 0.25) is 0 Å². The van der Waals surface area contributed by atoms with Crippen molar-refractivity contribution in [1.29, 1.82) is 0 Å². The average molecular weight is 315 g/mol. The monoisotopic (exact) mass is 314 g/mol. The Morgan fingerprint density at radius 2 is 2.22 bits per heavy atom. The molecule has 1 fully saturated rings.